The van der Waals surface area contributed by atoms with Crippen LogP contribution in [0.25, 0.3) is 0 Å². The molecule has 1 atom stereocenters. The van der Waals surface area contributed by atoms with Crippen LogP contribution >= 0.6 is 0 Å². The number of rotatable bonds is 4. The van der Waals surface area contributed by atoms with Crippen LogP contribution in [0.15, 0.2) is 24.3 Å². The highest BCUT2D eigenvalue weighted by Crippen LogP contribution is 2.37. The normalized spacial score (nSPS) is 21.8. The first-order valence-electron chi connectivity index (χ1n) is 7.30. The van der Waals surface area contributed by atoms with E-state index in [9.17, 15) is 9.90 Å². The van der Waals surface area contributed by atoms with Crippen LogP contribution in [0, 0.1) is 0 Å². The molecular formula is C16H21NO2. The molecular weight excluding hydrogens is 238 g/mol. The van der Waals surface area contributed by atoms with Crippen LogP contribution < -0.4 is 0 Å². The molecule has 1 amide bonds. The summed E-state index contributed by atoms with van der Waals surface area (Å²) in [5.74, 6) is 0.253. The van der Waals surface area contributed by atoms with Crippen LogP contribution in [0.2, 0.25) is 0 Å². The molecule has 2 aliphatic rings. The first kappa shape index (κ1) is 12.7. The highest BCUT2D eigenvalue weighted by molar-refractivity contribution is 5.87. The van der Waals surface area contributed by atoms with Crippen LogP contribution in [0.3, 0.4) is 0 Å². The van der Waals surface area contributed by atoms with E-state index in [0.717, 1.165) is 19.3 Å². The van der Waals surface area contributed by atoms with Gasteiger partial charge in [-0.3, -0.25) is 4.79 Å². The van der Waals surface area contributed by atoms with Gasteiger partial charge in [0.1, 0.15) is 0 Å². The van der Waals surface area contributed by atoms with E-state index in [1.807, 2.05) is 17.0 Å². The minimum atomic E-state index is 0.0309. The van der Waals surface area contributed by atoms with E-state index in [4.69, 9.17) is 0 Å². The lowest BCUT2D eigenvalue weighted by Gasteiger charge is -2.36. The molecule has 1 saturated carbocycles. The quantitative estimate of drug-likeness (QED) is 0.899. The summed E-state index contributed by atoms with van der Waals surface area (Å²) in [6, 6.07) is 8.55. The third kappa shape index (κ3) is 2.27. The van der Waals surface area contributed by atoms with Gasteiger partial charge in [-0.05, 0) is 30.4 Å². The highest BCUT2D eigenvalue weighted by atomic mass is 16.3. The Balaban J connectivity index is 1.75. The Bertz CT molecular complexity index is 466. The van der Waals surface area contributed by atoms with E-state index in [-0.39, 0.29) is 18.4 Å². The van der Waals surface area contributed by atoms with Gasteiger partial charge in [-0.25, -0.2) is 0 Å². The fraction of sp³-hybridized carbons (Fsp3) is 0.562. The number of carbonyl (C=O) groups is 1. The second-order valence-corrected chi connectivity index (χ2v) is 5.65. The number of aliphatic hydroxyl groups excluding tert-OH is 1. The highest BCUT2D eigenvalue weighted by Gasteiger charge is 2.37. The molecule has 1 aromatic rings. The molecule has 0 radical (unpaired) electrons. The van der Waals surface area contributed by atoms with E-state index in [0.29, 0.717) is 12.6 Å². The molecule has 1 unspecified atom stereocenters. The van der Waals surface area contributed by atoms with Gasteiger partial charge in [-0.15, -0.1) is 0 Å². The Kier molecular flexibility index (Phi) is 3.56. The number of hydrogen-bond acceptors (Lipinski definition) is 2. The average Bonchev–Trinajstić information content (AvgIpc) is 2.91. The Morgan fingerprint density at radius 3 is 2.68 bits per heavy atom. The molecule has 1 N–H and O–H groups in total. The number of fused-ring (bicyclic) bond motifs is 1. The summed E-state index contributed by atoms with van der Waals surface area (Å²) in [6.07, 6.45) is 5.48. The van der Waals surface area contributed by atoms with Crippen LogP contribution in [0.4, 0.5) is 0 Å². The van der Waals surface area contributed by atoms with Crippen LogP contribution in [-0.4, -0.2) is 35.1 Å². The smallest absolute Gasteiger partial charge is 0.230 e. The predicted octanol–water partition coefficient (Wildman–Crippen LogP) is 2.09. The van der Waals surface area contributed by atoms with Gasteiger partial charge >= 0.3 is 0 Å². The molecule has 0 aromatic heterocycles. The molecule has 3 heteroatoms. The van der Waals surface area contributed by atoms with Crippen molar-refractivity contribution in [2.45, 2.75) is 44.1 Å². The number of amides is 1. The molecule has 19 heavy (non-hydrogen) atoms. The molecule has 3 nitrogen and oxygen atoms in total. The molecule has 0 bridgehead atoms. The largest absolute Gasteiger partial charge is 0.395 e. The van der Waals surface area contributed by atoms with Gasteiger partial charge in [0.2, 0.25) is 5.91 Å². The molecule has 0 aliphatic heterocycles. The van der Waals surface area contributed by atoms with Gasteiger partial charge in [0.05, 0.1) is 12.5 Å². The Hall–Kier alpha value is -1.35. The van der Waals surface area contributed by atoms with Crippen molar-refractivity contribution in [1.82, 2.24) is 4.90 Å². The summed E-state index contributed by atoms with van der Waals surface area (Å²) < 4.78 is 0. The molecule has 0 heterocycles. The molecule has 0 spiro atoms. The lowest BCUT2D eigenvalue weighted by atomic mass is 9.76. The van der Waals surface area contributed by atoms with Gasteiger partial charge in [0.15, 0.2) is 0 Å². The molecule has 1 aromatic carbocycles. The SMILES string of the molecule is O=C(C1Cc2ccccc21)N(CCO)C1CCCC1. The summed E-state index contributed by atoms with van der Waals surface area (Å²) in [5, 5.41) is 9.22. The summed E-state index contributed by atoms with van der Waals surface area (Å²) in [7, 11) is 0. The van der Waals surface area contributed by atoms with Crippen LogP contribution in [-0.2, 0) is 11.2 Å². The number of aliphatic hydroxyl groups is 1. The summed E-state index contributed by atoms with van der Waals surface area (Å²) in [6.45, 7) is 0.554. The summed E-state index contributed by atoms with van der Waals surface area (Å²) in [4.78, 5) is 14.6. The van der Waals surface area contributed by atoms with Crippen molar-refractivity contribution in [3.8, 4) is 0 Å². The van der Waals surface area contributed by atoms with Crippen LogP contribution in [0.1, 0.15) is 42.7 Å². The fourth-order valence-corrected chi connectivity index (χ4v) is 3.48. The summed E-state index contributed by atoms with van der Waals surface area (Å²) >= 11 is 0. The zero-order valence-electron chi connectivity index (χ0n) is 11.2. The topological polar surface area (TPSA) is 40.5 Å². The maximum absolute atomic E-state index is 12.7. The van der Waals surface area contributed by atoms with E-state index in [1.165, 1.54) is 24.0 Å². The maximum Gasteiger partial charge on any atom is 0.230 e. The standard InChI is InChI=1S/C16H21NO2/c18-10-9-17(13-6-2-3-7-13)16(19)15-11-12-5-1-4-8-14(12)15/h1,4-5,8,13,15,18H,2-3,6-7,9-11H2. The lowest BCUT2D eigenvalue weighted by Crippen LogP contribution is -2.45. The van der Waals surface area contributed by atoms with E-state index >= 15 is 0 Å². The van der Waals surface area contributed by atoms with Gasteiger partial charge < -0.3 is 10.0 Å². The minimum Gasteiger partial charge on any atom is -0.395 e. The molecule has 0 saturated heterocycles. The first-order chi connectivity index (χ1) is 9.31. The van der Waals surface area contributed by atoms with Crippen molar-refractivity contribution >= 4 is 5.91 Å². The number of hydrogen-bond donors (Lipinski definition) is 1. The monoisotopic (exact) mass is 259 g/mol. The first-order valence-corrected chi connectivity index (χ1v) is 7.30. The minimum absolute atomic E-state index is 0.0309. The van der Waals surface area contributed by atoms with E-state index in [1.54, 1.807) is 0 Å². The van der Waals surface area contributed by atoms with Gasteiger partial charge in [-0.2, -0.15) is 0 Å². The maximum atomic E-state index is 12.7. The Labute approximate surface area is 114 Å². The Morgan fingerprint density at radius 1 is 1.26 bits per heavy atom. The molecule has 3 rings (SSSR count). The molecule has 102 valence electrons. The molecule has 1 fully saturated rings. The van der Waals surface area contributed by atoms with Crippen molar-refractivity contribution in [1.29, 1.82) is 0 Å². The zero-order chi connectivity index (χ0) is 13.2. The van der Waals surface area contributed by atoms with E-state index in [2.05, 4.69) is 12.1 Å². The van der Waals surface area contributed by atoms with Crippen LogP contribution in [0.5, 0.6) is 0 Å². The average molecular weight is 259 g/mol. The second kappa shape index (κ2) is 5.33. The zero-order valence-corrected chi connectivity index (χ0v) is 11.2. The van der Waals surface area contributed by atoms with Crippen molar-refractivity contribution in [3.05, 3.63) is 35.4 Å². The van der Waals surface area contributed by atoms with E-state index < -0.39 is 0 Å². The second-order valence-electron chi connectivity index (χ2n) is 5.65. The van der Waals surface area contributed by atoms with Crippen molar-refractivity contribution in [2.75, 3.05) is 13.2 Å². The van der Waals surface area contributed by atoms with Crippen molar-refractivity contribution in [2.24, 2.45) is 0 Å². The van der Waals surface area contributed by atoms with Gasteiger partial charge in [0, 0.05) is 12.6 Å². The summed E-state index contributed by atoms with van der Waals surface area (Å²) in [5.41, 5.74) is 2.49. The van der Waals surface area contributed by atoms with Crippen molar-refractivity contribution in [3.63, 3.8) is 0 Å². The Morgan fingerprint density at radius 2 is 2.00 bits per heavy atom. The number of nitrogens with zero attached hydrogens (tertiary/aromatic N) is 1. The van der Waals surface area contributed by atoms with Gasteiger partial charge in [-0.1, -0.05) is 37.1 Å². The fourth-order valence-electron chi connectivity index (χ4n) is 3.48. The third-order valence-electron chi connectivity index (χ3n) is 4.54. The number of carbonyl (C=O) groups excluding carboxylic acids is 1. The number of benzene rings is 1. The molecule has 2 aliphatic carbocycles. The lowest BCUT2D eigenvalue weighted by molar-refractivity contribution is -0.136. The van der Waals surface area contributed by atoms with Gasteiger partial charge in [0.25, 0.3) is 0 Å². The predicted molar refractivity (Wildman–Crippen MR) is 73.9 cm³/mol. The third-order valence-corrected chi connectivity index (χ3v) is 4.54. The van der Waals surface area contributed by atoms with Crippen molar-refractivity contribution < 1.29 is 9.90 Å².